The number of nitrogens with zero attached hydrogens (tertiary/aromatic N) is 1. The van der Waals surface area contributed by atoms with Gasteiger partial charge >= 0.3 is 0 Å². The van der Waals surface area contributed by atoms with E-state index in [0.717, 1.165) is 62.9 Å². The molecule has 0 amide bonds. The fourth-order valence-electron chi connectivity index (χ4n) is 4.10. The van der Waals surface area contributed by atoms with Crippen LogP contribution in [0.1, 0.15) is 49.7 Å². The van der Waals surface area contributed by atoms with Gasteiger partial charge in [0.2, 0.25) is 0 Å². The predicted molar refractivity (Wildman–Crippen MR) is 119 cm³/mol. The lowest BCUT2D eigenvalue weighted by molar-refractivity contribution is 0.197. The Kier molecular flexibility index (Phi) is 7.93. The molecule has 0 aromatic heterocycles. The second kappa shape index (κ2) is 10.4. The SMILES string of the molecule is CCCN(CCOc1c(Cl)cccc1Cl)CC1CCCCc2cc(O)c(O)cc21. The largest absolute Gasteiger partial charge is 0.504 e. The molecule has 0 aliphatic heterocycles. The Bertz CT molecular complexity index is 808. The summed E-state index contributed by atoms with van der Waals surface area (Å²) < 4.78 is 5.88. The summed E-state index contributed by atoms with van der Waals surface area (Å²) in [6.45, 7) is 5.30. The zero-order chi connectivity index (χ0) is 20.8. The first-order chi connectivity index (χ1) is 14.0. The van der Waals surface area contributed by atoms with Crippen LogP contribution < -0.4 is 4.74 Å². The van der Waals surface area contributed by atoms with E-state index in [9.17, 15) is 10.2 Å². The van der Waals surface area contributed by atoms with Crippen molar-refractivity contribution < 1.29 is 14.9 Å². The molecule has 2 aromatic carbocycles. The number of benzene rings is 2. The minimum absolute atomic E-state index is 0.0279. The zero-order valence-electron chi connectivity index (χ0n) is 16.8. The molecule has 0 saturated heterocycles. The van der Waals surface area contributed by atoms with Crippen LogP contribution >= 0.6 is 23.2 Å². The summed E-state index contributed by atoms with van der Waals surface area (Å²) in [5.74, 6) is 0.802. The van der Waals surface area contributed by atoms with E-state index in [-0.39, 0.29) is 11.5 Å². The molecule has 3 rings (SSSR count). The molecular weight excluding hydrogens is 409 g/mol. The lowest BCUT2D eigenvalue weighted by atomic mass is 9.91. The first-order valence-electron chi connectivity index (χ1n) is 10.3. The van der Waals surface area contributed by atoms with E-state index in [1.807, 2.05) is 0 Å². The van der Waals surface area contributed by atoms with Crippen molar-refractivity contribution >= 4 is 23.2 Å². The molecular formula is C23H29Cl2NO3. The molecule has 1 atom stereocenters. The predicted octanol–water partition coefficient (Wildman–Crippen LogP) is 6.01. The Morgan fingerprint density at radius 3 is 2.52 bits per heavy atom. The Morgan fingerprint density at radius 2 is 1.79 bits per heavy atom. The van der Waals surface area contributed by atoms with Gasteiger partial charge in [-0.3, -0.25) is 4.90 Å². The van der Waals surface area contributed by atoms with Crippen LogP contribution in [0.2, 0.25) is 10.0 Å². The van der Waals surface area contributed by atoms with Crippen LogP contribution in [-0.2, 0) is 6.42 Å². The smallest absolute Gasteiger partial charge is 0.157 e. The lowest BCUT2D eigenvalue weighted by Crippen LogP contribution is -2.33. The first-order valence-corrected chi connectivity index (χ1v) is 11.1. The van der Waals surface area contributed by atoms with E-state index in [4.69, 9.17) is 27.9 Å². The Morgan fingerprint density at radius 1 is 1.07 bits per heavy atom. The number of rotatable bonds is 8. The van der Waals surface area contributed by atoms with E-state index in [1.165, 1.54) is 0 Å². The number of phenolic OH excluding ortho intramolecular Hbond substituents is 2. The molecule has 1 aliphatic carbocycles. The molecule has 0 saturated carbocycles. The normalized spacial score (nSPS) is 16.5. The number of halogens is 2. The number of para-hydroxylation sites is 1. The van der Waals surface area contributed by atoms with Crippen LogP contribution in [-0.4, -0.2) is 41.4 Å². The van der Waals surface area contributed by atoms with Crippen LogP contribution in [0.5, 0.6) is 17.2 Å². The van der Waals surface area contributed by atoms with Gasteiger partial charge in [-0.15, -0.1) is 0 Å². The zero-order valence-corrected chi connectivity index (χ0v) is 18.3. The van der Waals surface area contributed by atoms with Crippen molar-refractivity contribution in [3.63, 3.8) is 0 Å². The van der Waals surface area contributed by atoms with Gasteiger partial charge in [0.1, 0.15) is 6.61 Å². The highest BCUT2D eigenvalue weighted by Crippen LogP contribution is 2.38. The molecule has 0 bridgehead atoms. The maximum atomic E-state index is 10.0. The molecule has 4 nitrogen and oxygen atoms in total. The average Bonchev–Trinajstić information content (AvgIpc) is 2.87. The molecule has 1 aliphatic rings. The van der Waals surface area contributed by atoms with Crippen LogP contribution in [0.3, 0.4) is 0 Å². The summed E-state index contributed by atoms with van der Waals surface area (Å²) in [5.41, 5.74) is 2.31. The summed E-state index contributed by atoms with van der Waals surface area (Å²) in [5, 5.41) is 21.0. The molecule has 2 aromatic rings. The van der Waals surface area contributed by atoms with Crippen molar-refractivity contribution in [2.24, 2.45) is 0 Å². The highest BCUT2D eigenvalue weighted by molar-refractivity contribution is 6.37. The van der Waals surface area contributed by atoms with Gasteiger partial charge in [0.25, 0.3) is 0 Å². The summed E-state index contributed by atoms with van der Waals surface area (Å²) in [6, 6.07) is 8.84. The van der Waals surface area contributed by atoms with Crippen molar-refractivity contribution in [2.75, 3.05) is 26.2 Å². The molecule has 158 valence electrons. The number of hydrogen-bond acceptors (Lipinski definition) is 4. The van der Waals surface area contributed by atoms with Crippen molar-refractivity contribution in [3.05, 3.63) is 51.5 Å². The fourth-order valence-corrected chi connectivity index (χ4v) is 4.61. The van der Waals surface area contributed by atoms with Crippen molar-refractivity contribution in [2.45, 2.75) is 44.9 Å². The van der Waals surface area contributed by atoms with Crippen LogP contribution in [0.15, 0.2) is 30.3 Å². The number of aryl methyl sites for hydroxylation is 1. The van der Waals surface area contributed by atoms with Gasteiger partial charge in [-0.25, -0.2) is 0 Å². The molecule has 0 heterocycles. The number of phenols is 2. The molecule has 29 heavy (non-hydrogen) atoms. The molecule has 6 heteroatoms. The molecule has 0 fully saturated rings. The number of hydrogen-bond donors (Lipinski definition) is 2. The summed E-state index contributed by atoms with van der Waals surface area (Å²) in [4.78, 5) is 2.40. The Labute approximate surface area is 183 Å². The Hall–Kier alpha value is -1.62. The van der Waals surface area contributed by atoms with Crippen LogP contribution in [0.4, 0.5) is 0 Å². The van der Waals surface area contributed by atoms with Gasteiger partial charge in [0, 0.05) is 13.1 Å². The maximum Gasteiger partial charge on any atom is 0.157 e. The van der Waals surface area contributed by atoms with Gasteiger partial charge < -0.3 is 14.9 Å². The first kappa shape index (κ1) is 22.1. The van der Waals surface area contributed by atoms with Gasteiger partial charge in [-0.1, -0.05) is 42.6 Å². The van der Waals surface area contributed by atoms with Crippen LogP contribution in [0.25, 0.3) is 0 Å². The third-order valence-corrected chi connectivity index (χ3v) is 6.11. The maximum absolute atomic E-state index is 10.0. The van der Waals surface area contributed by atoms with Crippen molar-refractivity contribution in [3.8, 4) is 17.2 Å². The lowest BCUT2D eigenvalue weighted by Gasteiger charge is -2.28. The summed E-state index contributed by atoms with van der Waals surface area (Å²) in [7, 11) is 0. The second-order valence-corrected chi connectivity index (χ2v) is 8.50. The van der Waals surface area contributed by atoms with E-state index in [1.54, 1.807) is 30.3 Å². The van der Waals surface area contributed by atoms with Gasteiger partial charge in [-0.05, 0) is 73.5 Å². The van der Waals surface area contributed by atoms with Gasteiger partial charge in [0.05, 0.1) is 10.0 Å². The number of aromatic hydroxyl groups is 2. The molecule has 1 unspecified atom stereocenters. The van der Waals surface area contributed by atoms with E-state index >= 15 is 0 Å². The fraction of sp³-hybridized carbons (Fsp3) is 0.478. The van der Waals surface area contributed by atoms with Crippen molar-refractivity contribution in [1.29, 1.82) is 0 Å². The molecule has 0 spiro atoms. The number of fused-ring (bicyclic) bond motifs is 1. The second-order valence-electron chi connectivity index (χ2n) is 7.68. The topological polar surface area (TPSA) is 52.9 Å². The average molecular weight is 438 g/mol. The van der Waals surface area contributed by atoms with E-state index < -0.39 is 0 Å². The monoisotopic (exact) mass is 437 g/mol. The summed E-state index contributed by atoms with van der Waals surface area (Å²) >= 11 is 12.4. The molecule has 0 radical (unpaired) electrons. The quantitative estimate of drug-likeness (QED) is 0.392. The highest BCUT2D eigenvalue weighted by Gasteiger charge is 2.23. The minimum Gasteiger partial charge on any atom is -0.504 e. The van der Waals surface area contributed by atoms with E-state index in [2.05, 4.69) is 11.8 Å². The minimum atomic E-state index is -0.0330. The van der Waals surface area contributed by atoms with E-state index in [0.29, 0.717) is 28.3 Å². The third kappa shape index (κ3) is 5.71. The summed E-state index contributed by atoms with van der Waals surface area (Å²) in [6.07, 6.45) is 5.33. The standard InChI is InChI=1S/C23H29Cl2NO3/c1-2-10-26(11-12-29-23-19(24)8-5-9-20(23)25)15-17-7-4-3-6-16-13-21(27)22(28)14-18(16)17/h5,8-9,13-14,17,27-28H,2-4,6-7,10-12,15H2,1H3. The van der Waals surface area contributed by atoms with Crippen molar-refractivity contribution in [1.82, 2.24) is 4.90 Å². The van der Waals surface area contributed by atoms with Gasteiger partial charge in [0.15, 0.2) is 17.2 Å². The molecule has 2 N–H and O–H groups in total. The third-order valence-electron chi connectivity index (χ3n) is 5.52. The van der Waals surface area contributed by atoms with Gasteiger partial charge in [-0.2, -0.15) is 0 Å². The highest BCUT2D eigenvalue weighted by atomic mass is 35.5. The van der Waals surface area contributed by atoms with Crippen LogP contribution in [0, 0.1) is 0 Å². The number of ether oxygens (including phenoxy) is 1. The Balaban J connectivity index is 1.68.